The lowest BCUT2D eigenvalue weighted by Crippen LogP contribution is -2.15. The second-order valence-corrected chi connectivity index (χ2v) is 3.83. The fourth-order valence-electron chi connectivity index (χ4n) is 1.07. The van der Waals surface area contributed by atoms with Crippen LogP contribution in [0.3, 0.4) is 0 Å². The zero-order valence-corrected chi connectivity index (χ0v) is 7.63. The average Bonchev–Trinajstić information content (AvgIpc) is 2.63. The van der Waals surface area contributed by atoms with Crippen molar-refractivity contribution in [2.24, 2.45) is 0 Å². The highest BCUT2D eigenvalue weighted by Crippen LogP contribution is 2.20. The predicted molar refractivity (Wildman–Crippen MR) is 44.5 cm³/mol. The van der Waals surface area contributed by atoms with Crippen molar-refractivity contribution in [2.75, 3.05) is 13.2 Å². The fourth-order valence-corrected chi connectivity index (χ4v) is 1.67. The first-order chi connectivity index (χ1) is 5.84. The number of ether oxygens (including phenoxy) is 2. The first kappa shape index (κ1) is 7.94. The molecule has 66 valence electrons. The minimum Gasteiger partial charge on any atom is -0.463 e. The molecule has 1 fully saturated rings. The van der Waals surface area contributed by atoms with Gasteiger partial charge < -0.3 is 9.47 Å². The number of hydrogen-bond donors (Lipinski definition) is 0. The molecule has 0 amide bonds. The molecule has 0 N–H and O–H groups in total. The van der Waals surface area contributed by atoms with E-state index in [0.717, 1.165) is 18.0 Å². The van der Waals surface area contributed by atoms with Gasteiger partial charge in [-0.15, -0.1) is 10.2 Å². The Bertz CT molecular complexity index is 258. The van der Waals surface area contributed by atoms with Gasteiger partial charge in [0.2, 0.25) is 0 Å². The third-order valence-corrected chi connectivity index (χ3v) is 2.39. The van der Waals surface area contributed by atoms with E-state index in [1.54, 1.807) is 0 Å². The lowest BCUT2D eigenvalue weighted by molar-refractivity contribution is 0.140. The van der Waals surface area contributed by atoms with Crippen LogP contribution < -0.4 is 4.74 Å². The van der Waals surface area contributed by atoms with Crippen molar-refractivity contribution in [1.29, 1.82) is 0 Å². The number of nitrogens with zero attached hydrogens (tertiary/aromatic N) is 2. The molecular formula is C7H10N2O2S. The molecule has 0 saturated carbocycles. The zero-order chi connectivity index (χ0) is 8.39. The Balaban J connectivity index is 1.94. The zero-order valence-electron chi connectivity index (χ0n) is 6.82. The maximum Gasteiger partial charge on any atom is 0.294 e. The molecular weight excluding hydrogens is 176 g/mol. The van der Waals surface area contributed by atoms with E-state index in [0.29, 0.717) is 11.8 Å². The van der Waals surface area contributed by atoms with Crippen molar-refractivity contribution in [3.8, 4) is 5.19 Å². The Morgan fingerprint density at radius 2 is 2.50 bits per heavy atom. The van der Waals surface area contributed by atoms with Crippen molar-refractivity contribution in [3.05, 3.63) is 5.01 Å². The highest BCUT2D eigenvalue weighted by atomic mass is 32.1. The van der Waals surface area contributed by atoms with Crippen molar-refractivity contribution >= 4 is 11.3 Å². The van der Waals surface area contributed by atoms with Crippen molar-refractivity contribution < 1.29 is 9.47 Å². The van der Waals surface area contributed by atoms with Gasteiger partial charge in [-0.1, -0.05) is 11.3 Å². The van der Waals surface area contributed by atoms with Crippen LogP contribution in [0, 0.1) is 6.92 Å². The Hall–Kier alpha value is -0.680. The molecule has 1 aromatic heterocycles. The van der Waals surface area contributed by atoms with E-state index < -0.39 is 0 Å². The van der Waals surface area contributed by atoms with E-state index in [9.17, 15) is 0 Å². The first-order valence-corrected chi connectivity index (χ1v) is 4.71. The topological polar surface area (TPSA) is 44.2 Å². The summed E-state index contributed by atoms with van der Waals surface area (Å²) in [7, 11) is 0. The Morgan fingerprint density at radius 1 is 1.58 bits per heavy atom. The normalized spacial score (nSPS) is 22.9. The lowest BCUT2D eigenvalue weighted by atomic mass is 10.3. The summed E-state index contributed by atoms with van der Waals surface area (Å²) < 4.78 is 10.7. The lowest BCUT2D eigenvalue weighted by Gasteiger charge is -2.06. The molecule has 0 spiro atoms. The summed E-state index contributed by atoms with van der Waals surface area (Å²) in [5.41, 5.74) is 0. The average molecular weight is 186 g/mol. The summed E-state index contributed by atoms with van der Waals surface area (Å²) in [6.07, 6.45) is 1.14. The van der Waals surface area contributed by atoms with Gasteiger partial charge in [0.05, 0.1) is 13.2 Å². The van der Waals surface area contributed by atoms with Gasteiger partial charge in [0.25, 0.3) is 5.19 Å². The largest absolute Gasteiger partial charge is 0.463 e. The molecule has 1 aliphatic rings. The van der Waals surface area contributed by atoms with Gasteiger partial charge in [0.1, 0.15) is 11.1 Å². The molecule has 1 saturated heterocycles. The van der Waals surface area contributed by atoms with E-state index in [-0.39, 0.29) is 6.10 Å². The molecule has 1 aromatic rings. The Morgan fingerprint density at radius 3 is 3.08 bits per heavy atom. The predicted octanol–water partition coefficient (Wildman–Crippen LogP) is 1.01. The molecule has 4 nitrogen and oxygen atoms in total. The third kappa shape index (κ3) is 1.73. The summed E-state index contributed by atoms with van der Waals surface area (Å²) in [5, 5.41) is 9.32. The maximum atomic E-state index is 5.52. The Labute approximate surface area is 74.5 Å². The summed E-state index contributed by atoms with van der Waals surface area (Å²) >= 11 is 1.47. The monoisotopic (exact) mass is 186 g/mol. The van der Waals surface area contributed by atoms with Gasteiger partial charge in [-0.2, -0.15) is 0 Å². The van der Waals surface area contributed by atoms with Crippen LogP contribution in [0.2, 0.25) is 0 Å². The molecule has 2 heterocycles. The molecule has 1 unspecified atom stereocenters. The second-order valence-electron chi connectivity index (χ2n) is 2.69. The van der Waals surface area contributed by atoms with Gasteiger partial charge in [0, 0.05) is 6.42 Å². The number of rotatable bonds is 2. The minimum atomic E-state index is 0.178. The van der Waals surface area contributed by atoms with Crippen LogP contribution in [0.15, 0.2) is 0 Å². The van der Waals surface area contributed by atoms with Crippen molar-refractivity contribution in [1.82, 2.24) is 10.2 Å². The fraction of sp³-hybridized carbons (Fsp3) is 0.714. The molecule has 0 radical (unpaired) electrons. The number of aryl methyl sites for hydroxylation is 1. The molecule has 12 heavy (non-hydrogen) atoms. The number of hydrogen-bond acceptors (Lipinski definition) is 5. The number of aromatic nitrogens is 2. The van der Waals surface area contributed by atoms with Gasteiger partial charge in [-0.3, -0.25) is 0 Å². The molecule has 0 aliphatic carbocycles. The standard InChI is InChI=1S/C7H10N2O2S/c1-5-8-9-7(12-5)11-6-2-3-10-4-6/h6H,2-4H2,1H3. The SMILES string of the molecule is Cc1nnc(OC2CCOC2)s1. The smallest absolute Gasteiger partial charge is 0.294 e. The Kier molecular flexibility index (Phi) is 2.23. The molecule has 0 bridgehead atoms. The van der Waals surface area contributed by atoms with Crippen LogP contribution in [0.1, 0.15) is 11.4 Å². The van der Waals surface area contributed by atoms with E-state index in [2.05, 4.69) is 10.2 Å². The summed E-state index contributed by atoms with van der Waals surface area (Å²) in [5.74, 6) is 0. The molecule has 1 atom stereocenters. The van der Waals surface area contributed by atoms with Crippen LogP contribution in [0.4, 0.5) is 0 Å². The van der Waals surface area contributed by atoms with Crippen LogP contribution in [0.5, 0.6) is 5.19 Å². The van der Waals surface area contributed by atoms with Gasteiger partial charge in [-0.05, 0) is 6.92 Å². The third-order valence-electron chi connectivity index (χ3n) is 1.66. The van der Waals surface area contributed by atoms with Gasteiger partial charge in [0.15, 0.2) is 0 Å². The first-order valence-electron chi connectivity index (χ1n) is 3.89. The van der Waals surface area contributed by atoms with E-state index in [1.165, 1.54) is 11.3 Å². The van der Waals surface area contributed by atoms with Crippen molar-refractivity contribution in [3.63, 3.8) is 0 Å². The van der Waals surface area contributed by atoms with Crippen molar-refractivity contribution in [2.45, 2.75) is 19.4 Å². The van der Waals surface area contributed by atoms with E-state index in [1.807, 2.05) is 6.92 Å². The van der Waals surface area contributed by atoms with Crippen LogP contribution in [0.25, 0.3) is 0 Å². The summed E-state index contributed by atoms with van der Waals surface area (Å²) in [6, 6.07) is 0. The van der Waals surface area contributed by atoms with E-state index >= 15 is 0 Å². The summed E-state index contributed by atoms with van der Waals surface area (Å²) in [4.78, 5) is 0. The maximum absolute atomic E-state index is 5.52. The van der Waals surface area contributed by atoms with Crippen LogP contribution >= 0.6 is 11.3 Å². The molecule has 0 aromatic carbocycles. The summed E-state index contributed by atoms with van der Waals surface area (Å²) in [6.45, 7) is 3.39. The molecule has 5 heteroatoms. The molecule has 1 aliphatic heterocycles. The quantitative estimate of drug-likeness (QED) is 0.691. The highest BCUT2D eigenvalue weighted by molar-refractivity contribution is 7.12. The van der Waals surface area contributed by atoms with Crippen LogP contribution in [-0.4, -0.2) is 29.5 Å². The van der Waals surface area contributed by atoms with E-state index in [4.69, 9.17) is 9.47 Å². The van der Waals surface area contributed by atoms with Gasteiger partial charge >= 0.3 is 0 Å². The van der Waals surface area contributed by atoms with Crippen LogP contribution in [-0.2, 0) is 4.74 Å². The highest BCUT2D eigenvalue weighted by Gasteiger charge is 2.18. The van der Waals surface area contributed by atoms with Gasteiger partial charge in [-0.25, -0.2) is 0 Å². The second kappa shape index (κ2) is 3.37. The molecule has 2 rings (SSSR count). The minimum absolute atomic E-state index is 0.178.